The van der Waals surface area contributed by atoms with Crippen LogP contribution >= 0.6 is 11.8 Å². The summed E-state index contributed by atoms with van der Waals surface area (Å²) in [6, 6.07) is -0.401. The number of hydrogen-bond acceptors (Lipinski definition) is 5. The lowest BCUT2D eigenvalue weighted by molar-refractivity contribution is -0.123. The average molecular weight is 262 g/mol. The lowest BCUT2D eigenvalue weighted by Crippen LogP contribution is -2.46. The Morgan fingerprint density at radius 1 is 1.35 bits per heavy atom. The van der Waals surface area contributed by atoms with Crippen LogP contribution in [0.25, 0.3) is 0 Å². The van der Waals surface area contributed by atoms with E-state index in [1.165, 1.54) is 6.92 Å². The van der Waals surface area contributed by atoms with Crippen molar-refractivity contribution in [2.45, 2.75) is 26.3 Å². The number of thioether (sulfide) groups is 1. The van der Waals surface area contributed by atoms with Crippen LogP contribution in [0.3, 0.4) is 0 Å². The standard InChI is InChI=1S/C10H18N2O4S/c1-4-9(14)12-8(5-11-7(2)13)6-16-10(15)17-3/h8H,4-6H2,1-3H3,(H,11,13)(H,12,14). The van der Waals surface area contributed by atoms with Gasteiger partial charge in [0.05, 0.1) is 6.04 Å². The maximum atomic E-state index is 11.2. The van der Waals surface area contributed by atoms with E-state index in [1.807, 2.05) is 0 Å². The Bertz CT molecular complexity index is 283. The Kier molecular flexibility index (Phi) is 8.21. The van der Waals surface area contributed by atoms with Crippen molar-refractivity contribution in [3.8, 4) is 0 Å². The normalized spacial score (nSPS) is 11.5. The fourth-order valence-corrected chi connectivity index (χ4v) is 1.16. The van der Waals surface area contributed by atoms with Crippen molar-refractivity contribution in [1.29, 1.82) is 0 Å². The van der Waals surface area contributed by atoms with Crippen LogP contribution in [0.2, 0.25) is 0 Å². The Morgan fingerprint density at radius 3 is 2.47 bits per heavy atom. The minimum atomic E-state index is -0.413. The lowest BCUT2D eigenvalue weighted by atomic mass is 10.3. The summed E-state index contributed by atoms with van der Waals surface area (Å²) in [5.74, 6) is -0.350. The van der Waals surface area contributed by atoms with E-state index in [0.29, 0.717) is 6.42 Å². The van der Waals surface area contributed by atoms with Gasteiger partial charge in [-0.05, 0) is 18.0 Å². The van der Waals surface area contributed by atoms with E-state index in [0.717, 1.165) is 11.8 Å². The molecule has 0 rings (SSSR count). The van der Waals surface area contributed by atoms with E-state index in [2.05, 4.69) is 10.6 Å². The highest BCUT2D eigenvalue weighted by Gasteiger charge is 2.14. The van der Waals surface area contributed by atoms with E-state index in [9.17, 15) is 14.4 Å². The maximum Gasteiger partial charge on any atom is 0.367 e. The second kappa shape index (κ2) is 8.86. The molecule has 0 saturated heterocycles. The predicted octanol–water partition coefficient (Wildman–Crippen LogP) is 0.517. The third-order valence-electron chi connectivity index (χ3n) is 1.85. The van der Waals surface area contributed by atoms with Crippen molar-refractivity contribution >= 4 is 28.9 Å². The molecule has 0 fully saturated rings. The first-order valence-electron chi connectivity index (χ1n) is 5.24. The highest BCUT2D eigenvalue weighted by molar-refractivity contribution is 8.12. The molecule has 0 aliphatic heterocycles. The molecular formula is C10H18N2O4S. The Hall–Kier alpha value is -1.24. The molecule has 0 aromatic carbocycles. The zero-order chi connectivity index (χ0) is 13.3. The van der Waals surface area contributed by atoms with Gasteiger partial charge >= 0.3 is 5.30 Å². The summed E-state index contributed by atoms with van der Waals surface area (Å²) >= 11 is 0.955. The van der Waals surface area contributed by atoms with E-state index in [-0.39, 0.29) is 25.0 Å². The van der Waals surface area contributed by atoms with Gasteiger partial charge in [-0.15, -0.1) is 0 Å². The van der Waals surface area contributed by atoms with Gasteiger partial charge < -0.3 is 15.4 Å². The molecule has 98 valence electrons. The van der Waals surface area contributed by atoms with Crippen molar-refractivity contribution in [2.24, 2.45) is 0 Å². The number of carbonyl (C=O) groups is 3. The van der Waals surface area contributed by atoms with E-state index in [1.54, 1.807) is 13.2 Å². The quantitative estimate of drug-likeness (QED) is 0.682. The van der Waals surface area contributed by atoms with Gasteiger partial charge in [-0.25, -0.2) is 4.79 Å². The summed E-state index contributed by atoms with van der Waals surface area (Å²) in [6.45, 7) is 3.39. The van der Waals surface area contributed by atoms with Crippen LogP contribution in [0.5, 0.6) is 0 Å². The first kappa shape index (κ1) is 15.8. The topological polar surface area (TPSA) is 84.5 Å². The fraction of sp³-hybridized carbons (Fsp3) is 0.700. The second-order valence-electron chi connectivity index (χ2n) is 3.32. The fourth-order valence-electron chi connectivity index (χ4n) is 0.976. The van der Waals surface area contributed by atoms with Crippen molar-refractivity contribution < 1.29 is 19.1 Å². The summed E-state index contributed by atoms with van der Waals surface area (Å²) in [6.07, 6.45) is 1.95. The van der Waals surface area contributed by atoms with E-state index in [4.69, 9.17) is 4.74 Å². The highest BCUT2D eigenvalue weighted by atomic mass is 32.2. The number of carbonyl (C=O) groups excluding carboxylic acids is 3. The van der Waals surface area contributed by atoms with Gasteiger partial charge in [0.25, 0.3) is 0 Å². The molecule has 7 heteroatoms. The Balaban J connectivity index is 4.14. The van der Waals surface area contributed by atoms with Crippen molar-refractivity contribution in [1.82, 2.24) is 10.6 Å². The molecule has 2 amide bonds. The molecule has 0 radical (unpaired) electrons. The number of amides is 2. The summed E-state index contributed by atoms with van der Waals surface area (Å²) in [5, 5.41) is 4.81. The van der Waals surface area contributed by atoms with Gasteiger partial charge in [-0.2, -0.15) is 0 Å². The number of rotatable bonds is 6. The van der Waals surface area contributed by atoms with Crippen LogP contribution in [-0.2, 0) is 14.3 Å². The van der Waals surface area contributed by atoms with Crippen molar-refractivity contribution in [3.63, 3.8) is 0 Å². The van der Waals surface area contributed by atoms with Gasteiger partial charge in [0.2, 0.25) is 11.8 Å². The van der Waals surface area contributed by atoms with Crippen molar-refractivity contribution in [3.05, 3.63) is 0 Å². The molecule has 0 heterocycles. The molecule has 1 atom stereocenters. The zero-order valence-electron chi connectivity index (χ0n) is 10.2. The minimum Gasteiger partial charge on any atom is -0.455 e. The third kappa shape index (κ3) is 8.56. The average Bonchev–Trinajstić information content (AvgIpc) is 2.31. The van der Waals surface area contributed by atoms with Gasteiger partial charge in [-0.3, -0.25) is 9.59 Å². The molecule has 0 saturated carbocycles. The van der Waals surface area contributed by atoms with Gasteiger partial charge in [0.1, 0.15) is 6.61 Å². The number of nitrogens with one attached hydrogen (secondary N) is 2. The monoisotopic (exact) mass is 262 g/mol. The van der Waals surface area contributed by atoms with E-state index < -0.39 is 11.3 Å². The molecule has 0 aliphatic rings. The molecular weight excluding hydrogens is 244 g/mol. The Morgan fingerprint density at radius 2 is 2.00 bits per heavy atom. The second-order valence-corrected chi connectivity index (χ2v) is 4.06. The van der Waals surface area contributed by atoms with Crippen LogP contribution in [0.15, 0.2) is 0 Å². The molecule has 0 bridgehead atoms. The zero-order valence-corrected chi connectivity index (χ0v) is 11.1. The summed E-state index contributed by atoms with van der Waals surface area (Å²) < 4.78 is 4.89. The molecule has 0 aliphatic carbocycles. The van der Waals surface area contributed by atoms with Crippen LogP contribution in [0, 0.1) is 0 Å². The molecule has 0 aromatic heterocycles. The first-order chi connectivity index (χ1) is 7.99. The number of ether oxygens (including phenoxy) is 1. The third-order valence-corrected chi connectivity index (χ3v) is 2.30. The summed E-state index contributed by atoms with van der Waals surface area (Å²) in [5.41, 5.74) is 0. The Labute approximate surface area is 105 Å². The molecule has 0 spiro atoms. The first-order valence-corrected chi connectivity index (χ1v) is 6.46. The van der Waals surface area contributed by atoms with Crippen molar-refractivity contribution in [2.75, 3.05) is 19.4 Å². The summed E-state index contributed by atoms with van der Waals surface area (Å²) in [4.78, 5) is 32.9. The molecule has 1 unspecified atom stereocenters. The molecule has 2 N–H and O–H groups in total. The van der Waals surface area contributed by atoms with Gasteiger partial charge in [0.15, 0.2) is 0 Å². The van der Waals surface area contributed by atoms with Crippen LogP contribution in [-0.4, -0.2) is 42.6 Å². The SMILES string of the molecule is CCC(=O)NC(CNC(C)=O)COC(=O)SC. The molecule has 17 heavy (non-hydrogen) atoms. The minimum absolute atomic E-state index is 0.0473. The van der Waals surface area contributed by atoms with E-state index >= 15 is 0 Å². The van der Waals surface area contributed by atoms with Crippen LogP contribution in [0.1, 0.15) is 20.3 Å². The predicted molar refractivity (Wildman–Crippen MR) is 65.8 cm³/mol. The largest absolute Gasteiger partial charge is 0.455 e. The van der Waals surface area contributed by atoms with Gasteiger partial charge in [-0.1, -0.05) is 6.92 Å². The lowest BCUT2D eigenvalue weighted by Gasteiger charge is -2.18. The molecule has 0 aromatic rings. The number of hydrogen-bond donors (Lipinski definition) is 2. The smallest absolute Gasteiger partial charge is 0.367 e. The maximum absolute atomic E-state index is 11.2. The van der Waals surface area contributed by atoms with Crippen LogP contribution in [0.4, 0.5) is 4.79 Å². The van der Waals surface area contributed by atoms with Gasteiger partial charge in [0, 0.05) is 19.9 Å². The highest BCUT2D eigenvalue weighted by Crippen LogP contribution is 1.99. The summed E-state index contributed by atoms with van der Waals surface area (Å²) in [7, 11) is 0. The molecule has 6 nitrogen and oxygen atoms in total. The van der Waals surface area contributed by atoms with Crippen LogP contribution < -0.4 is 10.6 Å².